The lowest BCUT2D eigenvalue weighted by molar-refractivity contribution is -0.306. The normalized spacial score (nSPS) is 25.2. The molecular weight excluding hydrogens is 220 g/mol. The van der Waals surface area contributed by atoms with Crippen molar-refractivity contribution in [2.45, 2.75) is 52.1 Å². The average Bonchev–Trinajstić information content (AvgIpc) is 2.24. The van der Waals surface area contributed by atoms with Crippen molar-refractivity contribution in [3.05, 3.63) is 0 Å². The predicted octanol–water partition coefficient (Wildman–Crippen LogP) is 0.927. The summed E-state index contributed by atoms with van der Waals surface area (Å²) < 4.78 is 5.64. The van der Waals surface area contributed by atoms with E-state index in [9.17, 15) is 14.7 Å². The molecule has 1 rings (SSSR count). The van der Waals surface area contributed by atoms with Gasteiger partial charge in [-0.1, -0.05) is 13.8 Å². The number of ether oxygens (including phenoxy) is 1. The standard InChI is InChI=1S/C13H22O4/c1-9(2)8-17-13-10(6-7-12(15)16)4-3-5-11(13)14/h9-10,13H,3-8H2,1-2H3,(H,15,16)/p-1/t10-,13+/m1/s1. The fourth-order valence-corrected chi connectivity index (χ4v) is 2.22. The number of rotatable bonds is 6. The number of aliphatic carboxylic acids is 1. The lowest BCUT2D eigenvalue weighted by Crippen LogP contribution is -2.38. The molecule has 0 aromatic heterocycles. The van der Waals surface area contributed by atoms with Crippen molar-refractivity contribution < 1.29 is 19.4 Å². The summed E-state index contributed by atoms with van der Waals surface area (Å²) in [5.74, 6) is -0.495. The Morgan fingerprint density at radius 3 is 2.82 bits per heavy atom. The Labute approximate surface area is 102 Å². The third kappa shape index (κ3) is 4.86. The number of hydrogen-bond acceptors (Lipinski definition) is 4. The van der Waals surface area contributed by atoms with Gasteiger partial charge in [0.2, 0.25) is 0 Å². The molecule has 1 aliphatic rings. The van der Waals surface area contributed by atoms with E-state index in [1.54, 1.807) is 0 Å². The van der Waals surface area contributed by atoms with Crippen molar-refractivity contribution >= 4 is 11.8 Å². The lowest BCUT2D eigenvalue weighted by atomic mass is 9.82. The zero-order valence-electron chi connectivity index (χ0n) is 10.6. The molecule has 98 valence electrons. The van der Waals surface area contributed by atoms with E-state index in [4.69, 9.17) is 4.74 Å². The van der Waals surface area contributed by atoms with E-state index in [0.29, 0.717) is 25.4 Å². The summed E-state index contributed by atoms with van der Waals surface area (Å²) in [7, 11) is 0. The van der Waals surface area contributed by atoms with E-state index < -0.39 is 12.1 Å². The average molecular weight is 241 g/mol. The van der Waals surface area contributed by atoms with Gasteiger partial charge in [0.1, 0.15) is 6.10 Å². The van der Waals surface area contributed by atoms with Crippen LogP contribution in [-0.4, -0.2) is 24.5 Å². The Kier molecular flexibility index (Phi) is 5.62. The molecule has 0 spiro atoms. The van der Waals surface area contributed by atoms with Crippen LogP contribution in [0.25, 0.3) is 0 Å². The second-order valence-electron chi connectivity index (χ2n) is 5.18. The Morgan fingerprint density at radius 2 is 2.24 bits per heavy atom. The summed E-state index contributed by atoms with van der Waals surface area (Å²) in [5, 5.41) is 10.5. The van der Waals surface area contributed by atoms with E-state index in [-0.39, 0.29) is 18.1 Å². The van der Waals surface area contributed by atoms with Crippen LogP contribution >= 0.6 is 0 Å². The molecule has 0 N–H and O–H groups in total. The summed E-state index contributed by atoms with van der Waals surface area (Å²) >= 11 is 0. The second kappa shape index (κ2) is 6.74. The molecule has 0 aromatic rings. The molecule has 1 saturated carbocycles. The number of ketones is 1. The van der Waals surface area contributed by atoms with Gasteiger partial charge in [-0.15, -0.1) is 0 Å². The molecule has 0 unspecified atom stereocenters. The first-order valence-electron chi connectivity index (χ1n) is 6.35. The molecule has 0 saturated heterocycles. The molecule has 2 atom stereocenters. The van der Waals surface area contributed by atoms with E-state index in [1.165, 1.54) is 0 Å². The zero-order chi connectivity index (χ0) is 12.8. The summed E-state index contributed by atoms with van der Waals surface area (Å²) in [5.41, 5.74) is 0. The van der Waals surface area contributed by atoms with Crippen molar-refractivity contribution in [2.24, 2.45) is 11.8 Å². The molecular formula is C13H21O4-. The van der Waals surface area contributed by atoms with E-state index in [1.807, 2.05) is 13.8 Å². The number of carbonyl (C=O) groups excluding carboxylic acids is 2. The molecule has 0 aromatic carbocycles. The van der Waals surface area contributed by atoms with Crippen LogP contribution in [0.5, 0.6) is 0 Å². The van der Waals surface area contributed by atoms with Crippen LogP contribution in [0, 0.1) is 11.8 Å². The van der Waals surface area contributed by atoms with Crippen molar-refractivity contribution in [3.63, 3.8) is 0 Å². The third-order valence-electron chi connectivity index (χ3n) is 3.07. The van der Waals surface area contributed by atoms with E-state index >= 15 is 0 Å². The van der Waals surface area contributed by atoms with Gasteiger partial charge < -0.3 is 14.6 Å². The third-order valence-corrected chi connectivity index (χ3v) is 3.07. The second-order valence-corrected chi connectivity index (χ2v) is 5.18. The van der Waals surface area contributed by atoms with Crippen LogP contribution < -0.4 is 5.11 Å². The monoisotopic (exact) mass is 241 g/mol. The number of hydrogen-bond donors (Lipinski definition) is 0. The van der Waals surface area contributed by atoms with Gasteiger partial charge in [-0.25, -0.2) is 0 Å². The summed E-state index contributed by atoms with van der Waals surface area (Å²) in [6.45, 7) is 4.62. The first-order valence-corrected chi connectivity index (χ1v) is 6.35. The minimum atomic E-state index is -1.05. The molecule has 0 radical (unpaired) electrons. The van der Waals surface area contributed by atoms with E-state index in [2.05, 4.69) is 0 Å². The van der Waals surface area contributed by atoms with Crippen LogP contribution in [0.1, 0.15) is 46.0 Å². The van der Waals surface area contributed by atoms with Gasteiger partial charge in [-0.2, -0.15) is 0 Å². The highest BCUT2D eigenvalue weighted by Crippen LogP contribution is 2.28. The Morgan fingerprint density at radius 1 is 1.53 bits per heavy atom. The van der Waals surface area contributed by atoms with Gasteiger partial charge in [0.05, 0.1) is 0 Å². The lowest BCUT2D eigenvalue weighted by Gasteiger charge is -2.31. The quantitative estimate of drug-likeness (QED) is 0.693. The highest BCUT2D eigenvalue weighted by atomic mass is 16.5. The van der Waals surface area contributed by atoms with Gasteiger partial charge >= 0.3 is 0 Å². The molecule has 1 aliphatic carbocycles. The summed E-state index contributed by atoms with van der Waals surface area (Å²) in [4.78, 5) is 22.2. The first kappa shape index (κ1) is 14.2. The number of carbonyl (C=O) groups is 2. The van der Waals surface area contributed by atoms with Crippen molar-refractivity contribution in [1.29, 1.82) is 0 Å². The molecule has 0 bridgehead atoms. The highest BCUT2D eigenvalue weighted by molar-refractivity contribution is 5.84. The molecule has 0 aliphatic heterocycles. The molecule has 1 fully saturated rings. The van der Waals surface area contributed by atoms with Gasteiger partial charge in [0.25, 0.3) is 0 Å². The Bertz CT molecular complexity index is 273. The van der Waals surface area contributed by atoms with Crippen LogP contribution in [0.4, 0.5) is 0 Å². The fourth-order valence-electron chi connectivity index (χ4n) is 2.22. The molecule has 0 heterocycles. The van der Waals surface area contributed by atoms with Crippen molar-refractivity contribution in [2.75, 3.05) is 6.61 Å². The fraction of sp³-hybridized carbons (Fsp3) is 0.846. The minimum absolute atomic E-state index is 0.0134. The largest absolute Gasteiger partial charge is 0.550 e. The maximum Gasteiger partial charge on any atom is 0.161 e. The zero-order valence-corrected chi connectivity index (χ0v) is 10.6. The number of carboxylic acid groups (broad SMARTS) is 1. The van der Waals surface area contributed by atoms with Gasteiger partial charge in [0, 0.05) is 19.0 Å². The van der Waals surface area contributed by atoms with E-state index in [0.717, 1.165) is 12.8 Å². The van der Waals surface area contributed by atoms with Gasteiger partial charge in [-0.3, -0.25) is 4.79 Å². The topological polar surface area (TPSA) is 66.4 Å². The smallest absolute Gasteiger partial charge is 0.161 e. The highest BCUT2D eigenvalue weighted by Gasteiger charge is 2.32. The maximum atomic E-state index is 11.8. The number of Topliss-reactive ketones (excluding diaryl/α,β-unsaturated/α-hetero) is 1. The van der Waals surface area contributed by atoms with Crippen LogP contribution in [0.3, 0.4) is 0 Å². The SMILES string of the molecule is CC(C)CO[C@@H]1C(=O)CCC[C@@H]1CCC(=O)[O-]. The van der Waals surface area contributed by atoms with Crippen molar-refractivity contribution in [1.82, 2.24) is 0 Å². The predicted molar refractivity (Wildman–Crippen MR) is 61.2 cm³/mol. The van der Waals surface area contributed by atoms with Gasteiger partial charge in [-0.05, 0) is 37.5 Å². The summed E-state index contributed by atoms with van der Waals surface area (Å²) in [6.07, 6.45) is 2.38. The first-order chi connectivity index (χ1) is 8.00. The van der Waals surface area contributed by atoms with Crippen LogP contribution in [0.15, 0.2) is 0 Å². The number of carboxylic acids is 1. The van der Waals surface area contributed by atoms with Gasteiger partial charge in [0.15, 0.2) is 5.78 Å². The molecule has 0 amide bonds. The Hall–Kier alpha value is -0.900. The summed E-state index contributed by atoms with van der Waals surface area (Å²) in [6, 6.07) is 0. The van der Waals surface area contributed by atoms with Crippen molar-refractivity contribution in [3.8, 4) is 0 Å². The maximum absolute atomic E-state index is 11.8. The van der Waals surface area contributed by atoms with Crippen LogP contribution in [0.2, 0.25) is 0 Å². The minimum Gasteiger partial charge on any atom is -0.550 e. The van der Waals surface area contributed by atoms with Crippen LogP contribution in [-0.2, 0) is 14.3 Å². The Balaban J connectivity index is 2.50. The molecule has 4 heteroatoms. The molecule has 17 heavy (non-hydrogen) atoms. The molecule has 4 nitrogen and oxygen atoms in total.